The molecular formula is C24H29N3O5. The summed E-state index contributed by atoms with van der Waals surface area (Å²) in [7, 11) is 1.60. The number of piperazine rings is 1. The second kappa shape index (κ2) is 8.27. The van der Waals surface area contributed by atoms with Crippen LogP contribution in [0.25, 0.3) is 0 Å². The highest BCUT2D eigenvalue weighted by molar-refractivity contribution is 5.94. The van der Waals surface area contributed by atoms with E-state index in [0.29, 0.717) is 44.2 Å². The number of hydrogen-bond acceptors (Lipinski definition) is 7. The summed E-state index contributed by atoms with van der Waals surface area (Å²) in [6.45, 7) is 5.93. The molecule has 0 bridgehead atoms. The molecule has 1 spiro atoms. The quantitative estimate of drug-likeness (QED) is 0.699. The highest BCUT2D eigenvalue weighted by Crippen LogP contribution is 2.37. The van der Waals surface area contributed by atoms with E-state index in [1.165, 1.54) is 6.07 Å². The number of hydrogen-bond donors (Lipinski definition) is 2. The zero-order valence-corrected chi connectivity index (χ0v) is 18.2. The van der Waals surface area contributed by atoms with E-state index in [2.05, 4.69) is 9.80 Å². The molecule has 32 heavy (non-hydrogen) atoms. The molecule has 0 radical (unpaired) electrons. The zero-order valence-electron chi connectivity index (χ0n) is 18.2. The van der Waals surface area contributed by atoms with Crippen LogP contribution in [0.4, 0.5) is 0 Å². The summed E-state index contributed by atoms with van der Waals surface area (Å²) in [6, 6.07) is 12.5. The minimum absolute atomic E-state index is 0.0235. The van der Waals surface area contributed by atoms with Crippen molar-refractivity contribution in [3.8, 4) is 17.2 Å². The molecule has 2 aromatic rings. The summed E-state index contributed by atoms with van der Waals surface area (Å²) in [5.74, 6) is 0.496. The van der Waals surface area contributed by atoms with Crippen LogP contribution in [-0.2, 0) is 11.3 Å². The molecule has 3 aliphatic heterocycles. The van der Waals surface area contributed by atoms with Gasteiger partial charge in [0.15, 0.2) is 11.5 Å². The topological polar surface area (TPSA) is 85.7 Å². The van der Waals surface area contributed by atoms with E-state index in [1.54, 1.807) is 19.2 Å². The number of amides is 1. The van der Waals surface area contributed by atoms with Crippen molar-refractivity contribution in [2.45, 2.75) is 18.1 Å². The molecule has 3 aliphatic rings. The Balaban J connectivity index is 1.33. The van der Waals surface area contributed by atoms with Crippen molar-refractivity contribution in [1.29, 1.82) is 0 Å². The third-order valence-electron chi connectivity index (χ3n) is 6.84. The Kier molecular flexibility index (Phi) is 5.44. The lowest BCUT2D eigenvalue weighted by Gasteiger charge is -2.63. The summed E-state index contributed by atoms with van der Waals surface area (Å²) in [5, 5.41) is 19.4. The fourth-order valence-corrected chi connectivity index (χ4v) is 5.39. The van der Waals surface area contributed by atoms with E-state index < -0.39 is 0 Å². The van der Waals surface area contributed by atoms with E-state index in [4.69, 9.17) is 9.47 Å². The van der Waals surface area contributed by atoms with Crippen molar-refractivity contribution in [2.75, 3.05) is 53.0 Å². The van der Waals surface area contributed by atoms with Crippen LogP contribution in [0.2, 0.25) is 0 Å². The molecule has 8 heteroatoms. The number of nitrogens with zero attached hydrogens (tertiary/aromatic N) is 3. The lowest BCUT2D eigenvalue weighted by atomic mass is 9.82. The van der Waals surface area contributed by atoms with Gasteiger partial charge in [0.25, 0.3) is 5.91 Å². The number of ether oxygens (including phenoxy) is 2. The average molecular weight is 440 g/mol. The Labute approximate surface area is 187 Å². The van der Waals surface area contributed by atoms with Crippen LogP contribution in [0.5, 0.6) is 17.2 Å². The van der Waals surface area contributed by atoms with Gasteiger partial charge in [-0.1, -0.05) is 12.1 Å². The number of likely N-dealkylation sites (tertiary alicyclic amines) is 1. The Hall–Kier alpha value is -2.81. The highest BCUT2D eigenvalue weighted by Gasteiger charge is 2.54. The summed E-state index contributed by atoms with van der Waals surface area (Å²) in [5.41, 5.74) is 1.49. The lowest BCUT2D eigenvalue weighted by Crippen LogP contribution is -2.80. The fraction of sp³-hybridized carbons (Fsp3) is 0.458. The number of rotatable bonds is 4. The summed E-state index contributed by atoms with van der Waals surface area (Å²) >= 11 is 0. The van der Waals surface area contributed by atoms with E-state index in [0.717, 1.165) is 25.2 Å². The molecule has 0 saturated carbocycles. The molecule has 3 saturated heterocycles. The van der Waals surface area contributed by atoms with Crippen molar-refractivity contribution in [3.63, 3.8) is 0 Å². The Bertz CT molecular complexity index is 1010. The van der Waals surface area contributed by atoms with Crippen molar-refractivity contribution < 1.29 is 24.5 Å². The first-order valence-corrected chi connectivity index (χ1v) is 11.0. The molecule has 2 aromatic carbocycles. The van der Waals surface area contributed by atoms with Crippen LogP contribution in [0.15, 0.2) is 42.5 Å². The van der Waals surface area contributed by atoms with E-state index >= 15 is 0 Å². The molecule has 0 aliphatic carbocycles. The predicted molar refractivity (Wildman–Crippen MR) is 118 cm³/mol. The van der Waals surface area contributed by atoms with E-state index in [1.807, 2.05) is 29.2 Å². The van der Waals surface area contributed by atoms with Crippen molar-refractivity contribution in [1.82, 2.24) is 14.7 Å². The Morgan fingerprint density at radius 1 is 1.16 bits per heavy atom. The molecule has 1 atom stereocenters. The van der Waals surface area contributed by atoms with Gasteiger partial charge in [0, 0.05) is 44.8 Å². The van der Waals surface area contributed by atoms with Crippen LogP contribution < -0.4 is 4.74 Å². The SMILES string of the molecule is COc1cccc(C(=O)N2C[C@@H]3COCCN3C3(CN(Cc4ccc(O)c(O)c4)C3)C2)c1. The Morgan fingerprint density at radius 2 is 2.00 bits per heavy atom. The Morgan fingerprint density at radius 3 is 2.78 bits per heavy atom. The molecule has 1 amide bonds. The molecule has 170 valence electrons. The van der Waals surface area contributed by atoms with Crippen molar-refractivity contribution in [2.24, 2.45) is 0 Å². The van der Waals surface area contributed by atoms with Gasteiger partial charge in [-0.3, -0.25) is 14.6 Å². The third-order valence-corrected chi connectivity index (χ3v) is 6.84. The molecule has 5 rings (SSSR count). The standard InChI is InChI=1S/C24H29N3O5/c1-31-20-4-2-3-18(10-20)23(30)26-12-19-13-32-8-7-27(19)24(16-26)14-25(15-24)11-17-5-6-21(28)22(29)9-17/h2-6,9-10,19,28-29H,7-8,11-16H2,1H3/t19-/m1/s1. The maximum atomic E-state index is 13.4. The molecule has 0 aromatic heterocycles. The maximum Gasteiger partial charge on any atom is 0.254 e. The lowest BCUT2D eigenvalue weighted by molar-refractivity contribution is -0.160. The smallest absolute Gasteiger partial charge is 0.254 e. The van der Waals surface area contributed by atoms with Crippen LogP contribution in [-0.4, -0.2) is 95.4 Å². The first kappa shape index (κ1) is 21.1. The fourth-order valence-electron chi connectivity index (χ4n) is 5.39. The van der Waals surface area contributed by atoms with E-state index in [-0.39, 0.29) is 29.0 Å². The summed E-state index contributed by atoms with van der Waals surface area (Å²) in [4.78, 5) is 20.2. The summed E-state index contributed by atoms with van der Waals surface area (Å²) < 4.78 is 11.1. The van der Waals surface area contributed by atoms with Gasteiger partial charge in [0.2, 0.25) is 0 Å². The molecule has 2 N–H and O–H groups in total. The number of carbonyl (C=O) groups is 1. The summed E-state index contributed by atoms with van der Waals surface area (Å²) in [6.07, 6.45) is 0. The second-order valence-corrected chi connectivity index (χ2v) is 9.03. The largest absolute Gasteiger partial charge is 0.504 e. The number of benzene rings is 2. The average Bonchev–Trinajstić information content (AvgIpc) is 2.79. The van der Waals surface area contributed by atoms with Crippen LogP contribution in [0, 0.1) is 0 Å². The number of morpholine rings is 1. The molecular weight excluding hydrogens is 410 g/mol. The highest BCUT2D eigenvalue weighted by atomic mass is 16.5. The van der Waals surface area contributed by atoms with Crippen LogP contribution >= 0.6 is 0 Å². The number of phenolic OH excluding ortho intramolecular Hbond substituents is 2. The number of phenols is 2. The van der Waals surface area contributed by atoms with Gasteiger partial charge in [-0.2, -0.15) is 0 Å². The van der Waals surface area contributed by atoms with Gasteiger partial charge >= 0.3 is 0 Å². The van der Waals surface area contributed by atoms with Gasteiger partial charge in [0.1, 0.15) is 5.75 Å². The molecule has 3 heterocycles. The third kappa shape index (κ3) is 3.79. The number of carbonyl (C=O) groups excluding carboxylic acids is 1. The van der Waals surface area contributed by atoms with Crippen molar-refractivity contribution in [3.05, 3.63) is 53.6 Å². The minimum atomic E-state index is -0.107. The monoisotopic (exact) mass is 439 g/mol. The molecule has 0 unspecified atom stereocenters. The molecule has 8 nitrogen and oxygen atoms in total. The number of fused-ring (bicyclic) bond motifs is 2. The minimum Gasteiger partial charge on any atom is -0.504 e. The van der Waals surface area contributed by atoms with Gasteiger partial charge < -0.3 is 24.6 Å². The van der Waals surface area contributed by atoms with E-state index in [9.17, 15) is 15.0 Å². The van der Waals surface area contributed by atoms with Gasteiger partial charge in [0.05, 0.1) is 31.9 Å². The van der Waals surface area contributed by atoms with Crippen LogP contribution in [0.1, 0.15) is 15.9 Å². The zero-order chi connectivity index (χ0) is 22.3. The number of aromatic hydroxyl groups is 2. The number of methoxy groups -OCH3 is 1. The van der Waals surface area contributed by atoms with Crippen LogP contribution in [0.3, 0.4) is 0 Å². The van der Waals surface area contributed by atoms with Gasteiger partial charge in [-0.25, -0.2) is 0 Å². The van der Waals surface area contributed by atoms with Crippen molar-refractivity contribution >= 4 is 5.91 Å². The second-order valence-electron chi connectivity index (χ2n) is 9.03. The van der Waals surface area contributed by atoms with Gasteiger partial charge in [-0.15, -0.1) is 0 Å². The molecule has 3 fully saturated rings. The maximum absolute atomic E-state index is 13.4. The predicted octanol–water partition coefficient (Wildman–Crippen LogP) is 1.52. The first-order chi connectivity index (χ1) is 15.5. The first-order valence-electron chi connectivity index (χ1n) is 11.0. The van der Waals surface area contributed by atoms with Gasteiger partial charge in [-0.05, 0) is 35.9 Å². The normalized spacial score (nSPS) is 22.9.